The summed E-state index contributed by atoms with van der Waals surface area (Å²) < 4.78 is 18.3. The molecule has 0 atom stereocenters. The molecule has 19 heavy (non-hydrogen) atoms. The Kier molecular flexibility index (Phi) is 4.01. The number of hydrogen-bond acceptors (Lipinski definition) is 3. The van der Waals surface area contributed by atoms with Crippen LogP contribution in [0.2, 0.25) is 0 Å². The third-order valence-corrected chi connectivity index (χ3v) is 4.72. The summed E-state index contributed by atoms with van der Waals surface area (Å²) in [6.45, 7) is 8.25. The fraction of sp³-hybridized carbons (Fsp3) is 0.571. The van der Waals surface area contributed by atoms with Gasteiger partial charge in [0.05, 0.1) is 18.3 Å². The fourth-order valence-corrected chi connectivity index (χ4v) is 2.47. The molecule has 0 spiro atoms. The topological polar surface area (TPSA) is 27.7 Å². The van der Waals surface area contributed by atoms with E-state index in [1.807, 2.05) is 18.2 Å². The molecule has 1 aliphatic rings. The van der Waals surface area contributed by atoms with Crippen LogP contribution in [0.15, 0.2) is 22.7 Å². The second-order valence-electron chi connectivity index (χ2n) is 5.85. The van der Waals surface area contributed by atoms with E-state index in [0.29, 0.717) is 6.32 Å². The molecule has 1 heterocycles. The summed E-state index contributed by atoms with van der Waals surface area (Å²) in [5.41, 5.74) is 0.546. The number of benzene rings is 1. The average Bonchev–Trinajstić information content (AvgIpc) is 2.50. The predicted molar refractivity (Wildman–Crippen MR) is 80.5 cm³/mol. The number of ether oxygens (including phenoxy) is 1. The molecule has 0 aliphatic carbocycles. The largest absolute Gasteiger partial charge is 0.497 e. The van der Waals surface area contributed by atoms with Crippen molar-refractivity contribution >= 4 is 23.0 Å². The smallest absolute Gasteiger partial charge is 0.462 e. The molecule has 1 aromatic carbocycles. The van der Waals surface area contributed by atoms with E-state index in [9.17, 15) is 0 Å². The van der Waals surface area contributed by atoms with Crippen LogP contribution in [0.3, 0.4) is 0 Å². The maximum absolute atomic E-state index is 6.01. The minimum atomic E-state index is -0.289. The van der Waals surface area contributed by atoms with Crippen LogP contribution in [0.1, 0.15) is 33.3 Å². The fourth-order valence-electron chi connectivity index (χ4n) is 2.06. The molecule has 0 radical (unpaired) electrons. The zero-order chi connectivity index (χ0) is 14.3. The van der Waals surface area contributed by atoms with Gasteiger partial charge in [-0.15, -0.1) is 0 Å². The second kappa shape index (κ2) is 5.11. The molecule has 1 saturated heterocycles. The van der Waals surface area contributed by atoms with E-state index in [0.717, 1.165) is 15.8 Å². The first-order valence-electron chi connectivity index (χ1n) is 6.43. The SMILES string of the molecule is COc1ccc(Br)c(CB2OC(C)(C)C(C)(C)O2)c1. The summed E-state index contributed by atoms with van der Waals surface area (Å²) in [7, 11) is 1.44. The first kappa shape index (κ1) is 14.9. The minimum absolute atomic E-state index is 0.228. The summed E-state index contributed by atoms with van der Waals surface area (Å²) >= 11 is 3.56. The maximum atomic E-state index is 6.01. The van der Waals surface area contributed by atoms with E-state index in [1.165, 1.54) is 0 Å². The highest BCUT2D eigenvalue weighted by Crippen LogP contribution is 2.38. The Hall–Kier alpha value is -0.515. The molecule has 0 aromatic heterocycles. The molecular weight excluding hydrogens is 307 g/mol. The Morgan fingerprint density at radius 3 is 2.26 bits per heavy atom. The predicted octanol–water partition coefficient (Wildman–Crippen LogP) is 3.63. The van der Waals surface area contributed by atoms with Crippen LogP contribution in [0.25, 0.3) is 0 Å². The van der Waals surface area contributed by atoms with Crippen LogP contribution in [-0.4, -0.2) is 25.4 Å². The van der Waals surface area contributed by atoms with E-state index in [2.05, 4.69) is 43.6 Å². The standard InChI is InChI=1S/C14H20BBrO3/c1-13(2)14(3,4)19-15(18-13)9-10-8-11(17-5)6-7-12(10)16/h6-8H,9H2,1-5H3. The number of methoxy groups -OCH3 is 1. The molecule has 104 valence electrons. The first-order valence-corrected chi connectivity index (χ1v) is 7.22. The van der Waals surface area contributed by atoms with Crippen LogP contribution >= 0.6 is 15.9 Å². The zero-order valence-corrected chi connectivity index (χ0v) is 13.7. The van der Waals surface area contributed by atoms with Gasteiger partial charge in [-0.3, -0.25) is 0 Å². The van der Waals surface area contributed by atoms with Gasteiger partial charge in [0.25, 0.3) is 0 Å². The van der Waals surface area contributed by atoms with Crippen molar-refractivity contribution in [3.63, 3.8) is 0 Å². The normalized spacial score (nSPS) is 20.6. The van der Waals surface area contributed by atoms with Crippen molar-refractivity contribution in [2.45, 2.75) is 45.2 Å². The van der Waals surface area contributed by atoms with Crippen LogP contribution in [0.4, 0.5) is 0 Å². The van der Waals surface area contributed by atoms with E-state index in [1.54, 1.807) is 7.11 Å². The van der Waals surface area contributed by atoms with Gasteiger partial charge in [0, 0.05) is 10.8 Å². The molecule has 0 bridgehead atoms. The molecule has 1 aliphatic heterocycles. The average molecular weight is 327 g/mol. The Balaban J connectivity index is 2.15. The van der Waals surface area contributed by atoms with Gasteiger partial charge in [-0.25, -0.2) is 0 Å². The third kappa shape index (κ3) is 2.98. The summed E-state index contributed by atoms with van der Waals surface area (Å²) in [5, 5.41) is 0. The van der Waals surface area contributed by atoms with Gasteiger partial charge in [-0.05, 0) is 51.5 Å². The van der Waals surface area contributed by atoms with Gasteiger partial charge in [0.15, 0.2) is 0 Å². The van der Waals surface area contributed by atoms with Crippen molar-refractivity contribution in [3.05, 3.63) is 28.2 Å². The molecule has 5 heteroatoms. The van der Waals surface area contributed by atoms with Gasteiger partial charge in [0.2, 0.25) is 0 Å². The number of halogens is 1. The molecule has 2 rings (SSSR count). The zero-order valence-electron chi connectivity index (χ0n) is 12.1. The highest BCUT2D eigenvalue weighted by atomic mass is 79.9. The number of hydrogen-bond donors (Lipinski definition) is 0. The highest BCUT2D eigenvalue weighted by molar-refractivity contribution is 9.10. The molecule has 0 amide bonds. The van der Waals surface area contributed by atoms with E-state index < -0.39 is 0 Å². The monoisotopic (exact) mass is 326 g/mol. The minimum Gasteiger partial charge on any atom is -0.497 e. The second-order valence-corrected chi connectivity index (χ2v) is 6.70. The molecule has 1 fully saturated rings. The van der Waals surface area contributed by atoms with Crippen LogP contribution in [0.5, 0.6) is 5.75 Å². The molecule has 0 saturated carbocycles. The van der Waals surface area contributed by atoms with Crippen molar-refractivity contribution in [2.75, 3.05) is 7.11 Å². The lowest BCUT2D eigenvalue weighted by molar-refractivity contribution is 0.00578. The van der Waals surface area contributed by atoms with Gasteiger partial charge in [0.1, 0.15) is 5.75 Å². The highest BCUT2D eigenvalue weighted by Gasteiger charge is 2.50. The van der Waals surface area contributed by atoms with Crippen molar-refractivity contribution in [1.82, 2.24) is 0 Å². The van der Waals surface area contributed by atoms with E-state index in [4.69, 9.17) is 14.0 Å². The Bertz CT molecular complexity index is 458. The summed E-state index contributed by atoms with van der Waals surface area (Å²) in [6, 6.07) is 5.92. The molecule has 1 aromatic rings. The summed E-state index contributed by atoms with van der Waals surface area (Å²) in [5.74, 6) is 0.842. The van der Waals surface area contributed by atoms with Crippen molar-refractivity contribution in [3.8, 4) is 5.75 Å². The van der Waals surface area contributed by atoms with Gasteiger partial charge >= 0.3 is 7.12 Å². The maximum Gasteiger partial charge on any atom is 0.462 e. The number of rotatable bonds is 3. The van der Waals surface area contributed by atoms with Crippen molar-refractivity contribution in [2.24, 2.45) is 0 Å². The molecule has 0 N–H and O–H groups in total. The lowest BCUT2D eigenvalue weighted by Crippen LogP contribution is -2.41. The quantitative estimate of drug-likeness (QED) is 0.794. The van der Waals surface area contributed by atoms with Gasteiger partial charge in [-0.1, -0.05) is 15.9 Å². The van der Waals surface area contributed by atoms with E-state index in [-0.39, 0.29) is 18.3 Å². The van der Waals surface area contributed by atoms with Crippen molar-refractivity contribution < 1.29 is 14.0 Å². The first-order chi connectivity index (χ1) is 8.75. The van der Waals surface area contributed by atoms with Gasteiger partial charge < -0.3 is 14.0 Å². The molecule has 0 unspecified atom stereocenters. The summed E-state index contributed by atoms with van der Waals surface area (Å²) in [6.07, 6.45) is 0.699. The van der Waals surface area contributed by atoms with Gasteiger partial charge in [-0.2, -0.15) is 0 Å². The summed E-state index contributed by atoms with van der Waals surface area (Å²) in [4.78, 5) is 0. The Morgan fingerprint density at radius 2 is 1.74 bits per heavy atom. The van der Waals surface area contributed by atoms with Crippen LogP contribution < -0.4 is 4.74 Å². The molecule has 3 nitrogen and oxygen atoms in total. The Labute approximate surface area is 123 Å². The Morgan fingerprint density at radius 1 is 1.16 bits per heavy atom. The third-order valence-electron chi connectivity index (χ3n) is 3.94. The van der Waals surface area contributed by atoms with Crippen LogP contribution in [0, 0.1) is 0 Å². The molecular formula is C14H20BBrO3. The lowest BCUT2D eigenvalue weighted by atomic mass is 9.81. The van der Waals surface area contributed by atoms with Crippen molar-refractivity contribution in [1.29, 1.82) is 0 Å². The lowest BCUT2D eigenvalue weighted by Gasteiger charge is -2.32. The van der Waals surface area contributed by atoms with Crippen LogP contribution in [-0.2, 0) is 15.6 Å². The van der Waals surface area contributed by atoms with E-state index >= 15 is 0 Å².